The van der Waals surface area contributed by atoms with Crippen LogP contribution in [0.25, 0.3) is 0 Å². The van der Waals surface area contributed by atoms with Crippen LogP contribution in [0.5, 0.6) is 17.2 Å². The standard InChI is InChI=1S/C29H34ClN3O6S/c1-37-26-11-9-23(30)16-25(26)33(40(35,36)24-10-12-27(38-2)28(17-24)39-3)20-29(34)31-18-21-7-6-8-22(15-21)19-32-13-4-5-14-32/h6-12,15-17H,4-5,13-14,18-20H2,1-3H3,(H,31,34). The number of likely N-dealkylation sites (tertiary alicyclic amines) is 1. The zero-order valence-corrected chi connectivity index (χ0v) is 24.4. The maximum atomic E-state index is 13.9. The lowest BCUT2D eigenvalue weighted by Gasteiger charge is -2.26. The third kappa shape index (κ3) is 6.99. The van der Waals surface area contributed by atoms with Crippen LogP contribution >= 0.6 is 11.6 Å². The first-order valence-corrected chi connectivity index (χ1v) is 14.7. The van der Waals surface area contributed by atoms with Crippen LogP contribution in [0, 0.1) is 0 Å². The number of methoxy groups -OCH3 is 3. The summed E-state index contributed by atoms with van der Waals surface area (Å²) in [5.74, 6) is 0.366. The molecule has 1 amide bonds. The number of sulfonamides is 1. The van der Waals surface area contributed by atoms with Gasteiger partial charge in [-0.3, -0.25) is 14.0 Å². The first-order chi connectivity index (χ1) is 19.2. The Morgan fingerprint density at radius 3 is 2.27 bits per heavy atom. The van der Waals surface area contributed by atoms with E-state index in [1.807, 2.05) is 12.1 Å². The number of carbonyl (C=O) groups excluding carboxylic acids is 1. The van der Waals surface area contributed by atoms with E-state index in [1.165, 1.54) is 64.0 Å². The zero-order valence-electron chi connectivity index (χ0n) is 22.9. The van der Waals surface area contributed by atoms with Crippen LogP contribution in [0.2, 0.25) is 5.02 Å². The number of hydrogen-bond acceptors (Lipinski definition) is 7. The zero-order chi connectivity index (χ0) is 28.7. The van der Waals surface area contributed by atoms with Crippen LogP contribution < -0.4 is 23.8 Å². The summed E-state index contributed by atoms with van der Waals surface area (Å²) in [5.41, 5.74) is 2.24. The van der Waals surface area contributed by atoms with Crippen LogP contribution in [-0.4, -0.2) is 60.2 Å². The lowest BCUT2D eigenvalue weighted by Crippen LogP contribution is -2.41. The number of carbonyl (C=O) groups is 1. The third-order valence-corrected chi connectivity index (χ3v) is 8.72. The Morgan fingerprint density at radius 2 is 1.57 bits per heavy atom. The van der Waals surface area contributed by atoms with E-state index in [9.17, 15) is 13.2 Å². The molecule has 1 aliphatic rings. The largest absolute Gasteiger partial charge is 0.495 e. The molecule has 1 N–H and O–H groups in total. The molecule has 3 aromatic carbocycles. The molecular formula is C29H34ClN3O6S. The number of hydrogen-bond donors (Lipinski definition) is 1. The van der Waals surface area contributed by atoms with Gasteiger partial charge in [0, 0.05) is 24.2 Å². The molecule has 214 valence electrons. The molecule has 1 fully saturated rings. The maximum absolute atomic E-state index is 13.9. The van der Waals surface area contributed by atoms with E-state index in [2.05, 4.69) is 22.3 Å². The normalized spacial score (nSPS) is 13.6. The Balaban J connectivity index is 1.58. The van der Waals surface area contributed by atoms with Gasteiger partial charge >= 0.3 is 0 Å². The van der Waals surface area contributed by atoms with Gasteiger partial charge in [0.1, 0.15) is 12.3 Å². The van der Waals surface area contributed by atoms with Crippen molar-refractivity contribution in [3.63, 3.8) is 0 Å². The van der Waals surface area contributed by atoms with Crippen molar-refractivity contribution >= 4 is 33.2 Å². The van der Waals surface area contributed by atoms with Gasteiger partial charge in [-0.25, -0.2) is 8.42 Å². The molecule has 11 heteroatoms. The Labute approximate surface area is 240 Å². The Kier molecular flexibility index (Phi) is 9.78. The van der Waals surface area contributed by atoms with Crippen LogP contribution in [0.15, 0.2) is 65.6 Å². The highest BCUT2D eigenvalue weighted by molar-refractivity contribution is 7.92. The SMILES string of the molecule is COc1ccc(S(=O)(=O)N(CC(=O)NCc2cccc(CN3CCCC3)c2)c2cc(Cl)ccc2OC)cc1OC. The van der Waals surface area contributed by atoms with Crippen LogP contribution in [0.3, 0.4) is 0 Å². The molecule has 0 unspecified atom stereocenters. The lowest BCUT2D eigenvalue weighted by molar-refractivity contribution is -0.119. The highest BCUT2D eigenvalue weighted by Gasteiger charge is 2.30. The molecule has 0 saturated carbocycles. The number of amides is 1. The molecule has 3 aromatic rings. The second-order valence-electron chi connectivity index (χ2n) is 9.42. The van der Waals surface area contributed by atoms with Crippen LogP contribution in [0.1, 0.15) is 24.0 Å². The third-order valence-electron chi connectivity index (χ3n) is 6.73. The lowest BCUT2D eigenvalue weighted by atomic mass is 10.1. The van der Waals surface area contributed by atoms with Crippen LogP contribution in [0.4, 0.5) is 5.69 Å². The van der Waals surface area contributed by atoms with E-state index in [4.69, 9.17) is 25.8 Å². The highest BCUT2D eigenvalue weighted by atomic mass is 35.5. The number of rotatable bonds is 12. The van der Waals surface area contributed by atoms with Gasteiger partial charge in [-0.2, -0.15) is 0 Å². The van der Waals surface area contributed by atoms with Crippen molar-refractivity contribution in [1.82, 2.24) is 10.2 Å². The average Bonchev–Trinajstić information content (AvgIpc) is 3.47. The molecule has 0 atom stereocenters. The van der Waals surface area contributed by atoms with Gasteiger partial charge in [-0.15, -0.1) is 0 Å². The number of anilines is 1. The van der Waals surface area contributed by atoms with Gasteiger partial charge in [0.05, 0.1) is 31.9 Å². The van der Waals surface area contributed by atoms with E-state index >= 15 is 0 Å². The van der Waals surface area contributed by atoms with Gasteiger partial charge in [0.2, 0.25) is 5.91 Å². The van der Waals surface area contributed by atoms with E-state index < -0.39 is 22.5 Å². The Bertz CT molecular complexity index is 1440. The monoisotopic (exact) mass is 587 g/mol. The molecule has 1 heterocycles. The molecule has 0 aromatic heterocycles. The molecule has 40 heavy (non-hydrogen) atoms. The van der Waals surface area contributed by atoms with Gasteiger partial charge < -0.3 is 19.5 Å². The van der Waals surface area contributed by atoms with Crippen LogP contribution in [-0.2, 0) is 27.9 Å². The second kappa shape index (κ2) is 13.3. The molecular weight excluding hydrogens is 554 g/mol. The fraction of sp³-hybridized carbons (Fsp3) is 0.345. The van der Waals surface area contributed by atoms with E-state index in [1.54, 1.807) is 12.1 Å². The molecule has 9 nitrogen and oxygen atoms in total. The molecule has 0 radical (unpaired) electrons. The predicted octanol–water partition coefficient (Wildman–Crippen LogP) is 4.47. The number of benzene rings is 3. The number of ether oxygens (including phenoxy) is 3. The van der Waals surface area contributed by atoms with Gasteiger partial charge in [0.15, 0.2) is 11.5 Å². The summed E-state index contributed by atoms with van der Waals surface area (Å²) in [7, 11) is 0.0296. The first-order valence-electron chi connectivity index (χ1n) is 12.9. The van der Waals surface area contributed by atoms with Gasteiger partial charge in [0.25, 0.3) is 10.0 Å². The van der Waals surface area contributed by atoms with Crippen molar-refractivity contribution in [2.75, 3.05) is 45.3 Å². The van der Waals surface area contributed by atoms with Crippen molar-refractivity contribution in [3.05, 3.63) is 76.8 Å². The number of nitrogens with zero attached hydrogens (tertiary/aromatic N) is 2. The summed E-state index contributed by atoms with van der Waals surface area (Å²) >= 11 is 6.24. The topological polar surface area (TPSA) is 97.4 Å². The minimum atomic E-state index is -4.27. The van der Waals surface area contributed by atoms with E-state index in [-0.39, 0.29) is 28.6 Å². The Morgan fingerprint density at radius 1 is 0.900 bits per heavy atom. The number of nitrogens with one attached hydrogen (secondary N) is 1. The quantitative estimate of drug-likeness (QED) is 0.334. The summed E-state index contributed by atoms with van der Waals surface area (Å²) in [6, 6.07) is 16.9. The minimum absolute atomic E-state index is 0.0883. The molecule has 0 bridgehead atoms. The van der Waals surface area contributed by atoms with E-state index in [0.29, 0.717) is 10.8 Å². The smallest absolute Gasteiger partial charge is 0.265 e. The van der Waals surface area contributed by atoms with E-state index in [0.717, 1.165) is 29.5 Å². The van der Waals surface area contributed by atoms with Crippen molar-refractivity contribution < 1.29 is 27.4 Å². The predicted molar refractivity (Wildman–Crippen MR) is 155 cm³/mol. The van der Waals surface area contributed by atoms with Crippen molar-refractivity contribution in [2.24, 2.45) is 0 Å². The summed E-state index contributed by atoms with van der Waals surface area (Å²) in [6.07, 6.45) is 2.44. The molecule has 4 rings (SSSR count). The fourth-order valence-corrected chi connectivity index (χ4v) is 6.29. The van der Waals surface area contributed by atoms with Gasteiger partial charge in [-0.05, 0) is 67.4 Å². The number of halogens is 1. The fourth-order valence-electron chi connectivity index (χ4n) is 4.69. The second-order valence-corrected chi connectivity index (χ2v) is 11.7. The van der Waals surface area contributed by atoms with Crippen molar-refractivity contribution in [3.8, 4) is 17.2 Å². The Hall–Kier alpha value is -3.47. The van der Waals surface area contributed by atoms with Crippen molar-refractivity contribution in [1.29, 1.82) is 0 Å². The summed E-state index contributed by atoms with van der Waals surface area (Å²) in [4.78, 5) is 15.5. The summed E-state index contributed by atoms with van der Waals surface area (Å²) < 4.78 is 44.9. The summed E-state index contributed by atoms with van der Waals surface area (Å²) in [6.45, 7) is 2.81. The first kappa shape index (κ1) is 29.5. The molecule has 1 saturated heterocycles. The van der Waals surface area contributed by atoms with Gasteiger partial charge in [-0.1, -0.05) is 35.9 Å². The maximum Gasteiger partial charge on any atom is 0.265 e. The minimum Gasteiger partial charge on any atom is -0.495 e. The van der Waals surface area contributed by atoms with Crippen molar-refractivity contribution in [2.45, 2.75) is 30.8 Å². The summed E-state index contributed by atoms with van der Waals surface area (Å²) in [5, 5.41) is 3.15. The average molecular weight is 588 g/mol. The highest BCUT2D eigenvalue weighted by Crippen LogP contribution is 2.37. The molecule has 1 aliphatic heterocycles. The molecule has 0 aliphatic carbocycles. The molecule has 0 spiro atoms.